The number of hydrogen-bond donors (Lipinski definition) is 3. The summed E-state index contributed by atoms with van der Waals surface area (Å²) in [6.07, 6.45) is -0.477. The number of nitrogens with one attached hydrogen (secondary N) is 1. The van der Waals surface area contributed by atoms with Crippen LogP contribution in [0.4, 0.5) is 0 Å². The van der Waals surface area contributed by atoms with E-state index in [-0.39, 0.29) is 12.0 Å². The van der Waals surface area contributed by atoms with Gasteiger partial charge in [0.1, 0.15) is 0 Å². The van der Waals surface area contributed by atoms with Gasteiger partial charge in [-0.05, 0) is 12.8 Å². The fraction of sp³-hybridized carbons (Fsp3) is 1.00. The van der Waals surface area contributed by atoms with E-state index in [1.807, 2.05) is 19.3 Å². The van der Waals surface area contributed by atoms with Crippen LogP contribution in [0.25, 0.3) is 0 Å². The third kappa shape index (κ3) is 2.79. The van der Waals surface area contributed by atoms with E-state index in [4.69, 9.17) is 5.21 Å². The van der Waals surface area contributed by atoms with Crippen LogP contribution in [0.3, 0.4) is 0 Å². The maximum absolute atomic E-state index is 9.17. The van der Waals surface area contributed by atoms with Crippen molar-refractivity contribution in [3.05, 3.63) is 0 Å². The van der Waals surface area contributed by atoms with Crippen molar-refractivity contribution < 1.29 is 10.3 Å². The van der Waals surface area contributed by atoms with Crippen LogP contribution in [-0.4, -0.2) is 22.5 Å². The van der Waals surface area contributed by atoms with Crippen molar-refractivity contribution in [2.75, 3.05) is 0 Å². The Bertz CT molecular complexity index is 75.5. The van der Waals surface area contributed by atoms with Crippen LogP contribution in [0.1, 0.15) is 20.8 Å². The van der Waals surface area contributed by atoms with Crippen molar-refractivity contribution in [3.8, 4) is 0 Å². The van der Waals surface area contributed by atoms with Gasteiger partial charge in [0.05, 0.1) is 12.1 Å². The van der Waals surface area contributed by atoms with Gasteiger partial charge in [-0.3, -0.25) is 0 Å². The van der Waals surface area contributed by atoms with E-state index >= 15 is 0 Å². The van der Waals surface area contributed by atoms with Crippen molar-refractivity contribution in [1.82, 2.24) is 5.48 Å². The summed E-state index contributed by atoms with van der Waals surface area (Å²) in [7, 11) is 0. The van der Waals surface area contributed by atoms with Crippen molar-refractivity contribution >= 4 is 0 Å². The molecule has 3 N–H and O–H groups in total. The van der Waals surface area contributed by atoms with Crippen LogP contribution in [0.15, 0.2) is 0 Å². The maximum Gasteiger partial charge on any atom is 0.0736 e. The predicted octanol–water partition coefficient (Wildman–Crippen LogP) is 0.371. The number of aliphatic hydroxyl groups excluding tert-OH is 1. The molecule has 0 spiro atoms. The minimum Gasteiger partial charge on any atom is -0.391 e. The van der Waals surface area contributed by atoms with E-state index in [0.717, 1.165) is 0 Å². The molecule has 0 aliphatic carbocycles. The molecule has 3 heteroatoms. The first kappa shape index (κ1) is 8.88. The van der Waals surface area contributed by atoms with Gasteiger partial charge in [-0.25, -0.2) is 5.48 Å². The lowest BCUT2D eigenvalue weighted by Crippen LogP contribution is -2.38. The highest BCUT2D eigenvalue weighted by Gasteiger charge is 2.15. The van der Waals surface area contributed by atoms with Gasteiger partial charge in [-0.1, -0.05) is 13.8 Å². The first-order valence-electron chi connectivity index (χ1n) is 3.17. The van der Waals surface area contributed by atoms with Gasteiger partial charge in [0.2, 0.25) is 0 Å². The molecule has 0 amide bonds. The minimum atomic E-state index is -0.477. The Morgan fingerprint density at radius 1 is 1.22 bits per heavy atom. The van der Waals surface area contributed by atoms with E-state index in [2.05, 4.69) is 0 Å². The van der Waals surface area contributed by atoms with Gasteiger partial charge in [0.15, 0.2) is 0 Å². The van der Waals surface area contributed by atoms with Gasteiger partial charge in [0.25, 0.3) is 0 Å². The van der Waals surface area contributed by atoms with E-state index < -0.39 is 6.10 Å². The van der Waals surface area contributed by atoms with E-state index in [9.17, 15) is 5.11 Å². The van der Waals surface area contributed by atoms with Crippen LogP contribution in [0.5, 0.6) is 0 Å². The van der Waals surface area contributed by atoms with Gasteiger partial charge in [-0.2, -0.15) is 0 Å². The van der Waals surface area contributed by atoms with Crippen LogP contribution < -0.4 is 5.48 Å². The Kier molecular flexibility index (Phi) is 3.77. The average Bonchev–Trinajstić information content (AvgIpc) is 1.84. The molecule has 9 heavy (non-hydrogen) atoms. The molecule has 0 radical (unpaired) electrons. The number of rotatable bonds is 3. The summed E-state index contributed by atoms with van der Waals surface area (Å²) in [5.41, 5.74) is 2.00. The number of aliphatic hydroxyl groups is 1. The molecular formula is C6H15NO2. The van der Waals surface area contributed by atoms with Crippen molar-refractivity contribution in [2.45, 2.75) is 32.9 Å². The molecule has 0 rings (SSSR count). The zero-order chi connectivity index (χ0) is 7.44. The smallest absolute Gasteiger partial charge is 0.0736 e. The summed E-state index contributed by atoms with van der Waals surface area (Å²) in [5, 5.41) is 17.5. The summed E-state index contributed by atoms with van der Waals surface area (Å²) in [5.74, 6) is 0.180. The topological polar surface area (TPSA) is 52.5 Å². The molecule has 0 saturated carbocycles. The molecule has 0 fully saturated rings. The Balaban J connectivity index is 3.58. The summed E-state index contributed by atoms with van der Waals surface area (Å²) < 4.78 is 0. The van der Waals surface area contributed by atoms with Crippen LogP contribution >= 0.6 is 0 Å². The Morgan fingerprint density at radius 3 is 1.78 bits per heavy atom. The third-order valence-electron chi connectivity index (χ3n) is 1.40. The molecule has 56 valence electrons. The zero-order valence-electron chi connectivity index (χ0n) is 6.13. The minimum absolute atomic E-state index is 0.180. The molecule has 0 bridgehead atoms. The summed E-state index contributed by atoms with van der Waals surface area (Å²) >= 11 is 0. The van der Waals surface area contributed by atoms with Crippen LogP contribution in [0, 0.1) is 5.92 Å². The second-order valence-corrected chi connectivity index (χ2v) is 2.65. The van der Waals surface area contributed by atoms with Gasteiger partial charge in [-0.15, -0.1) is 0 Å². The molecule has 2 unspecified atom stereocenters. The van der Waals surface area contributed by atoms with Gasteiger partial charge >= 0.3 is 0 Å². The number of hydrogen-bond acceptors (Lipinski definition) is 3. The maximum atomic E-state index is 9.17. The molecule has 0 aromatic carbocycles. The second-order valence-electron chi connectivity index (χ2n) is 2.65. The molecule has 2 atom stereocenters. The fourth-order valence-electron chi connectivity index (χ4n) is 0.654. The third-order valence-corrected chi connectivity index (χ3v) is 1.40. The molecule has 0 saturated heterocycles. The molecule has 0 heterocycles. The second kappa shape index (κ2) is 3.82. The lowest BCUT2D eigenvalue weighted by Gasteiger charge is -2.19. The largest absolute Gasteiger partial charge is 0.391 e. The lowest BCUT2D eigenvalue weighted by atomic mass is 10.0. The molecular weight excluding hydrogens is 118 g/mol. The summed E-state index contributed by atoms with van der Waals surface area (Å²) in [6.45, 7) is 5.53. The highest BCUT2D eigenvalue weighted by Crippen LogP contribution is 2.04. The van der Waals surface area contributed by atoms with Crippen LogP contribution in [0.2, 0.25) is 0 Å². The Labute approximate surface area is 55.7 Å². The molecule has 0 aromatic heterocycles. The van der Waals surface area contributed by atoms with E-state index in [1.165, 1.54) is 0 Å². The normalized spacial score (nSPS) is 18.0. The highest BCUT2D eigenvalue weighted by molar-refractivity contribution is 4.69. The monoisotopic (exact) mass is 133 g/mol. The average molecular weight is 133 g/mol. The first-order chi connectivity index (χ1) is 4.09. The quantitative estimate of drug-likeness (QED) is 0.487. The summed E-state index contributed by atoms with van der Waals surface area (Å²) in [4.78, 5) is 0. The van der Waals surface area contributed by atoms with Gasteiger partial charge < -0.3 is 10.3 Å². The van der Waals surface area contributed by atoms with Gasteiger partial charge in [0, 0.05) is 0 Å². The number of hydroxylamine groups is 1. The molecule has 3 nitrogen and oxygen atoms in total. The van der Waals surface area contributed by atoms with Crippen molar-refractivity contribution in [2.24, 2.45) is 5.92 Å². The molecule has 0 aromatic rings. The summed E-state index contributed by atoms with van der Waals surface area (Å²) in [6, 6.07) is -0.245. The Morgan fingerprint density at radius 2 is 1.67 bits per heavy atom. The van der Waals surface area contributed by atoms with E-state index in [0.29, 0.717) is 0 Å². The first-order valence-corrected chi connectivity index (χ1v) is 3.17. The van der Waals surface area contributed by atoms with Crippen molar-refractivity contribution in [1.29, 1.82) is 0 Å². The highest BCUT2D eigenvalue weighted by atomic mass is 16.5. The lowest BCUT2D eigenvalue weighted by molar-refractivity contribution is 0.0237. The standard InChI is InChI=1S/C6H15NO2/c1-4(2)6(8)5(3)7-9/h4-9H,1-3H3. The predicted molar refractivity (Wildman–Crippen MR) is 35.2 cm³/mol. The molecule has 0 aliphatic rings. The van der Waals surface area contributed by atoms with E-state index in [1.54, 1.807) is 6.92 Å². The zero-order valence-corrected chi connectivity index (χ0v) is 6.13. The van der Waals surface area contributed by atoms with Crippen LogP contribution in [-0.2, 0) is 0 Å². The molecule has 0 aliphatic heterocycles. The Hall–Kier alpha value is -0.120. The fourth-order valence-corrected chi connectivity index (χ4v) is 0.654. The van der Waals surface area contributed by atoms with Crippen molar-refractivity contribution in [3.63, 3.8) is 0 Å². The SMILES string of the molecule is CC(C)C(O)C(C)NO.